The summed E-state index contributed by atoms with van der Waals surface area (Å²) >= 11 is 1.62. The highest BCUT2D eigenvalue weighted by molar-refractivity contribution is 7.15. The van der Waals surface area contributed by atoms with Crippen LogP contribution in [0.4, 0.5) is 5.13 Å². The number of nitrogens with zero attached hydrogens (tertiary/aromatic N) is 1. The van der Waals surface area contributed by atoms with Gasteiger partial charge in [-0.25, -0.2) is 4.98 Å². The molecule has 1 aliphatic rings. The Morgan fingerprint density at radius 2 is 1.89 bits per heavy atom. The Hall–Kier alpha value is -1.35. The molecule has 1 aliphatic carbocycles. The lowest BCUT2D eigenvalue weighted by molar-refractivity contribution is 0.686. The van der Waals surface area contributed by atoms with Crippen LogP contribution >= 0.6 is 11.3 Å². The fourth-order valence-corrected chi connectivity index (χ4v) is 3.69. The molecule has 2 N–H and O–H groups in total. The van der Waals surface area contributed by atoms with Gasteiger partial charge >= 0.3 is 0 Å². The highest BCUT2D eigenvalue weighted by Crippen LogP contribution is 2.36. The van der Waals surface area contributed by atoms with Gasteiger partial charge in [0.1, 0.15) is 0 Å². The summed E-state index contributed by atoms with van der Waals surface area (Å²) in [5.74, 6) is 0.473. The van der Waals surface area contributed by atoms with Crippen LogP contribution in [0.2, 0.25) is 0 Å². The molecule has 1 heterocycles. The Morgan fingerprint density at radius 1 is 1.16 bits per heavy atom. The molecule has 0 saturated heterocycles. The van der Waals surface area contributed by atoms with Crippen molar-refractivity contribution in [2.24, 2.45) is 0 Å². The molecule has 0 amide bonds. The van der Waals surface area contributed by atoms with Crippen molar-refractivity contribution in [3.8, 4) is 11.3 Å². The monoisotopic (exact) mass is 272 g/mol. The topological polar surface area (TPSA) is 38.9 Å². The first-order valence-electron chi connectivity index (χ1n) is 7.03. The SMILES string of the molecule is CC(C)c1sc(N)nc1-c1ccc2c(c1)CCCC2. The second-order valence-electron chi connectivity index (χ2n) is 5.61. The van der Waals surface area contributed by atoms with Crippen molar-refractivity contribution in [3.05, 3.63) is 34.2 Å². The Kier molecular flexibility index (Phi) is 3.31. The van der Waals surface area contributed by atoms with Gasteiger partial charge in [-0.1, -0.05) is 26.0 Å². The lowest BCUT2D eigenvalue weighted by atomic mass is 9.89. The maximum absolute atomic E-state index is 5.90. The lowest BCUT2D eigenvalue weighted by Gasteiger charge is -2.16. The van der Waals surface area contributed by atoms with Gasteiger partial charge < -0.3 is 5.73 Å². The standard InChI is InChI=1S/C16H20N2S/c1-10(2)15-14(18-16(17)19-15)13-8-7-11-5-3-4-6-12(11)9-13/h7-10H,3-6H2,1-2H3,(H2,17,18). The van der Waals surface area contributed by atoms with Gasteiger partial charge in [0.05, 0.1) is 5.69 Å². The molecule has 0 radical (unpaired) electrons. The largest absolute Gasteiger partial charge is 0.375 e. The molecular weight excluding hydrogens is 252 g/mol. The van der Waals surface area contributed by atoms with Gasteiger partial charge in [-0.15, -0.1) is 11.3 Å². The van der Waals surface area contributed by atoms with E-state index in [1.54, 1.807) is 11.3 Å². The van der Waals surface area contributed by atoms with Crippen LogP contribution in [0.1, 0.15) is 48.6 Å². The Labute approximate surface area is 118 Å². The normalized spacial score (nSPS) is 14.7. The molecule has 1 aromatic carbocycles. The van der Waals surface area contributed by atoms with Crippen molar-refractivity contribution >= 4 is 16.5 Å². The van der Waals surface area contributed by atoms with Crippen LogP contribution < -0.4 is 5.73 Å². The van der Waals surface area contributed by atoms with Crippen LogP contribution in [-0.2, 0) is 12.8 Å². The van der Waals surface area contributed by atoms with Crippen LogP contribution in [0.15, 0.2) is 18.2 Å². The Bertz CT molecular complexity index is 599. The second-order valence-corrected chi connectivity index (χ2v) is 6.67. The number of nitrogen functional groups attached to an aromatic ring is 1. The van der Waals surface area contributed by atoms with E-state index in [9.17, 15) is 0 Å². The van der Waals surface area contributed by atoms with E-state index in [-0.39, 0.29) is 0 Å². The first kappa shape index (κ1) is 12.7. The molecule has 0 atom stereocenters. The average molecular weight is 272 g/mol. The van der Waals surface area contributed by atoms with Crippen molar-refractivity contribution in [3.63, 3.8) is 0 Å². The molecule has 1 aromatic heterocycles. The molecule has 0 spiro atoms. The van der Waals surface area contributed by atoms with E-state index in [4.69, 9.17) is 5.73 Å². The summed E-state index contributed by atoms with van der Waals surface area (Å²) in [5, 5.41) is 0.677. The fraction of sp³-hybridized carbons (Fsp3) is 0.438. The molecule has 0 aliphatic heterocycles. The van der Waals surface area contributed by atoms with E-state index < -0.39 is 0 Å². The molecule has 100 valence electrons. The molecule has 3 rings (SSSR count). The number of aryl methyl sites for hydroxylation is 2. The van der Waals surface area contributed by atoms with E-state index in [1.807, 2.05) is 0 Å². The van der Waals surface area contributed by atoms with Gasteiger partial charge in [0.25, 0.3) is 0 Å². The predicted octanol–water partition coefficient (Wildman–Crippen LogP) is 4.39. The molecule has 3 heteroatoms. The average Bonchev–Trinajstić information content (AvgIpc) is 2.80. The van der Waals surface area contributed by atoms with Crippen LogP contribution in [0.3, 0.4) is 0 Å². The number of hydrogen-bond acceptors (Lipinski definition) is 3. The summed E-state index contributed by atoms with van der Waals surface area (Å²) in [6.07, 6.45) is 5.07. The van der Waals surface area contributed by atoms with Gasteiger partial charge in [0, 0.05) is 10.4 Å². The number of rotatable bonds is 2. The maximum Gasteiger partial charge on any atom is 0.180 e. The molecule has 0 bridgehead atoms. The molecule has 2 aromatic rings. The molecule has 0 fully saturated rings. The summed E-state index contributed by atoms with van der Waals surface area (Å²) in [5.41, 5.74) is 11.2. The van der Waals surface area contributed by atoms with Crippen LogP contribution in [0.5, 0.6) is 0 Å². The number of hydrogen-bond donors (Lipinski definition) is 1. The second kappa shape index (κ2) is 4.97. The third kappa shape index (κ3) is 2.39. The summed E-state index contributed by atoms with van der Waals surface area (Å²) in [6.45, 7) is 4.41. The van der Waals surface area contributed by atoms with Gasteiger partial charge in [0.2, 0.25) is 0 Å². The first-order valence-corrected chi connectivity index (χ1v) is 7.85. The van der Waals surface area contributed by atoms with E-state index in [0.29, 0.717) is 11.0 Å². The maximum atomic E-state index is 5.90. The van der Waals surface area contributed by atoms with Gasteiger partial charge in [-0.2, -0.15) is 0 Å². The zero-order chi connectivity index (χ0) is 13.4. The highest BCUT2D eigenvalue weighted by Gasteiger charge is 2.16. The Balaban J connectivity index is 2.07. The van der Waals surface area contributed by atoms with Crippen molar-refractivity contribution in [1.29, 1.82) is 0 Å². The minimum atomic E-state index is 0.473. The number of thiazole rings is 1. The number of benzene rings is 1. The molecule has 2 nitrogen and oxygen atoms in total. The van der Waals surface area contributed by atoms with Gasteiger partial charge in [-0.05, 0) is 48.8 Å². The summed E-state index contributed by atoms with van der Waals surface area (Å²) < 4.78 is 0. The minimum Gasteiger partial charge on any atom is -0.375 e. The summed E-state index contributed by atoms with van der Waals surface area (Å²) in [4.78, 5) is 5.85. The third-order valence-corrected chi connectivity index (χ3v) is 5.00. The lowest BCUT2D eigenvalue weighted by Crippen LogP contribution is -2.02. The van der Waals surface area contributed by atoms with Crippen LogP contribution in [0, 0.1) is 0 Å². The number of anilines is 1. The number of fused-ring (bicyclic) bond motifs is 1. The summed E-state index contributed by atoms with van der Waals surface area (Å²) in [7, 11) is 0. The molecule has 19 heavy (non-hydrogen) atoms. The van der Waals surface area contributed by atoms with E-state index in [2.05, 4.69) is 37.0 Å². The molecule has 0 saturated carbocycles. The molecular formula is C16H20N2S. The third-order valence-electron chi connectivity index (χ3n) is 3.82. The zero-order valence-corrected chi connectivity index (χ0v) is 12.4. The van der Waals surface area contributed by atoms with Crippen molar-refractivity contribution in [1.82, 2.24) is 4.98 Å². The first-order chi connectivity index (χ1) is 9.15. The van der Waals surface area contributed by atoms with Crippen molar-refractivity contribution in [2.75, 3.05) is 5.73 Å². The van der Waals surface area contributed by atoms with E-state index in [1.165, 1.54) is 47.3 Å². The Morgan fingerprint density at radius 3 is 2.63 bits per heavy atom. The van der Waals surface area contributed by atoms with Crippen molar-refractivity contribution < 1.29 is 0 Å². The fourth-order valence-electron chi connectivity index (χ4n) is 2.83. The molecule has 0 unspecified atom stereocenters. The van der Waals surface area contributed by atoms with Gasteiger partial charge in [-0.3, -0.25) is 0 Å². The van der Waals surface area contributed by atoms with Crippen molar-refractivity contribution in [2.45, 2.75) is 45.4 Å². The van der Waals surface area contributed by atoms with Crippen LogP contribution in [-0.4, -0.2) is 4.98 Å². The zero-order valence-electron chi connectivity index (χ0n) is 11.6. The summed E-state index contributed by atoms with van der Waals surface area (Å²) in [6, 6.07) is 6.82. The smallest absolute Gasteiger partial charge is 0.180 e. The number of aromatic nitrogens is 1. The minimum absolute atomic E-state index is 0.473. The quantitative estimate of drug-likeness (QED) is 0.880. The number of nitrogens with two attached hydrogens (primary N) is 1. The van der Waals surface area contributed by atoms with Crippen LogP contribution in [0.25, 0.3) is 11.3 Å². The van der Waals surface area contributed by atoms with E-state index >= 15 is 0 Å². The van der Waals surface area contributed by atoms with E-state index in [0.717, 1.165) is 5.69 Å². The predicted molar refractivity (Wildman–Crippen MR) is 82.7 cm³/mol. The highest BCUT2D eigenvalue weighted by atomic mass is 32.1. The van der Waals surface area contributed by atoms with Gasteiger partial charge in [0.15, 0.2) is 5.13 Å².